The maximum atomic E-state index is 13.7. The zero-order valence-corrected chi connectivity index (χ0v) is 14.5. The van der Waals surface area contributed by atoms with Crippen molar-refractivity contribution < 1.29 is 23.6 Å². The van der Waals surface area contributed by atoms with Crippen LogP contribution in [0.5, 0.6) is 11.5 Å². The van der Waals surface area contributed by atoms with E-state index >= 15 is 0 Å². The van der Waals surface area contributed by atoms with E-state index in [0.717, 1.165) is 11.6 Å². The Balaban J connectivity index is 2.28. The first-order valence-electron chi connectivity index (χ1n) is 7.56. The normalized spacial score (nSPS) is 10.2. The minimum absolute atomic E-state index is 0.105. The van der Waals surface area contributed by atoms with Gasteiger partial charge in [0.25, 0.3) is 5.69 Å². The Hall–Kier alpha value is -3.36. The Bertz CT molecular complexity index is 841. The van der Waals surface area contributed by atoms with E-state index in [1.165, 1.54) is 27.2 Å². The quantitative estimate of drug-likeness (QED) is 0.578. The van der Waals surface area contributed by atoms with Gasteiger partial charge in [0.2, 0.25) is 5.91 Å². The molecule has 0 aliphatic heterocycles. The highest BCUT2D eigenvalue weighted by Gasteiger charge is 2.19. The van der Waals surface area contributed by atoms with Crippen molar-refractivity contribution in [2.45, 2.75) is 13.5 Å². The number of hydrogen-bond acceptors (Lipinski definition) is 6. The van der Waals surface area contributed by atoms with E-state index in [1.54, 1.807) is 18.2 Å². The molecule has 138 valence electrons. The molecule has 0 fully saturated rings. The van der Waals surface area contributed by atoms with E-state index in [9.17, 15) is 19.3 Å². The number of halogens is 1. The van der Waals surface area contributed by atoms with Gasteiger partial charge in [-0.3, -0.25) is 14.9 Å². The van der Waals surface area contributed by atoms with Crippen molar-refractivity contribution in [3.8, 4) is 11.5 Å². The summed E-state index contributed by atoms with van der Waals surface area (Å²) in [4.78, 5) is 21.7. The van der Waals surface area contributed by atoms with Gasteiger partial charge in [-0.1, -0.05) is 6.07 Å². The molecule has 2 N–H and O–H groups in total. The van der Waals surface area contributed by atoms with Crippen molar-refractivity contribution in [3.05, 3.63) is 51.8 Å². The SMILES string of the molecule is COc1cc(NCc2ccc(OC)c(NC(C)=O)c2)c([N+](=O)[O-])cc1F. The maximum absolute atomic E-state index is 13.7. The molecule has 0 atom stereocenters. The molecular formula is C17H18FN3O5. The summed E-state index contributed by atoms with van der Waals surface area (Å²) >= 11 is 0. The number of amides is 1. The Morgan fingerprint density at radius 3 is 2.42 bits per heavy atom. The minimum Gasteiger partial charge on any atom is -0.495 e. The number of ether oxygens (including phenoxy) is 2. The van der Waals surface area contributed by atoms with E-state index < -0.39 is 16.4 Å². The summed E-state index contributed by atoms with van der Waals surface area (Å²) in [6.45, 7) is 1.57. The van der Waals surface area contributed by atoms with Crippen molar-refractivity contribution in [1.82, 2.24) is 0 Å². The van der Waals surface area contributed by atoms with Gasteiger partial charge in [-0.25, -0.2) is 4.39 Å². The van der Waals surface area contributed by atoms with Crippen LogP contribution in [0.1, 0.15) is 12.5 Å². The number of carbonyl (C=O) groups excluding carboxylic acids is 1. The van der Waals surface area contributed by atoms with Gasteiger partial charge in [-0.15, -0.1) is 0 Å². The molecule has 9 heteroatoms. The second-order valence-corrected chi connectivity index (χ2v) is 5.33. The van der Waals surface area contributed by atoms with Crippen molar-refractivity contribution in [3.63, 3.8) is 0 Å². The number of benzene rings is 2. The number of hydrogen-bond donors (Lipinski definition) is 2. The minimum atomic E-state index is -0.817. The lowest BCUT2D eigenvalue weighted by molar-refractivity contribution is -0.384. The van der Waals surface area contributed by atoms with E-state index in [2.05, 4.69) is 10.6 Å². The molecule has 0 aliphatic rings. The zero-order chi connectivity index (χ0) is 19.3. The second kappa shape index (κ2) is 8.15. The fourth-order valence-electron chi connectivity index (χ4n) is 2.34. The highest BCUT2D eigenvalue weighted by molar-refractivity contribution is 5.90. The molecule has 0 bridgehead atoms. The molecule has 0 radical (unpaired) electrons. The van der Waals surface area contributed by atoms with Gasteiger partial charge in [0.15, 0.2) is 11.6 Å². The van der Waals surface area contributed by atoms with Gasteiger partial charge in [-0.05, 0) is 17.7 Å². The van der Waals surface area contributed by atoms with Crippen molar-refractivity contribution in [1.29, 1.82) is 0 Å². The molecule has 0 saturated heterocycles. The Morgan fingerprint density at radius 1 is 1.15 bits per heavy atom. The molecule has 0 spiro atoms. The third-order valence-electron chi connectivity index (χ3n) is 3.52. The van der Waals surface area contributed by atoms with E-state index in [-0.39, 0.29) is 23.9 Å². The van der Waals surface area contributed by atoms with Crippen LogP contribution in [0.25, 0.3) is 0 Å². The fraction of sp³-hybridized carbons (Fsp3) is 0.235. The predicted octanol–water partition coefficient (Wildman–Crippen LogP) is 3.32. The van der Waals surface area contributed by atoms with Crippen LogP contribution in [-0.4, -0.2) is 25.1 Å². The van der Waals surface area contributed by atoms with Crippen LogP contribution in [0.3, 0.4) is 0 Å². The second-order valence-electron chi connectivity index (χ2n) is 5.33. The number of nitrogens with one attached hydrogen (secondary N) is 2. The largest absolute Gasteiger partial charge is 0.495 e. The lowest BCUT2D eigenvalue weighted by Gasteiger charge is -2.13. The third kappa shape index (κ3) is 4.38. The Kier molecular flexibility index (Phi) is 5.94. The third-order valence-corrected chi connectivity index (χ3v) is 3.52. The summed E-state index contributed by atoms with van der Waals surface area (Å²) in [7, 11) is 2.75. The first-order valence-corrected chi connectivity index (χ1v) is 7.56. The van der Waals surface area contributed by atoms with Gasteiger partial charge in [0.1, 0.15) is 11.4 Å². The van der Waals surface area contributed by atoms with Gasteiger partial charge in [0, 0.05) is 19.5 Å². The van der Waals surface area contributed by atoms with Crippen LogP contribution in [0.15, 0.2) is 30.3 Å². The molecule has 2 aromatic carbocycles. The summed E-state index contributed by atoms with van der Waals surface area (Å²) in [6.07, 6.45) is 0. The average Bonchev–Trinajstić information content (AvgIpc) is 2.59. The summed E-state index contributed by atoms with van der Waals surface area (Å²) in [6, 6.07) is 7.12. The van der Waals surface area contributed by atoms with E-state index in [0.29, 0.717) is 11.4 Å². The lowest BCUT2D eigenvalue weighted by Crippen LogP contribution is -2.09. The lowest BCUT2D eigenvalue weighted by atomic mass is 10.1. The highest BCUT2D eigenvalue weighted by atomic mass is 19.1. The van der Waals surface area contributed by atoms with Crippen LogP contribution in [0.4, 0.5) is 21.5 Å². The van der Waals surface area contributed by atoms with Gasteiger partial charge in [0.05, 0.1) is 30.9 Å². The Morgan fingerprint density at radius 2 is 1.85 bits per heavy atom. The summed E-state index contributed by atoms with van der Waals surface area (Å²) in [5.74, 6) is -0.695. The smallest absolute Gasteiger partial charge is 0.295 e. The summed E-state index contributed by atoms with van der Waals surface area (Å²) in [5.41, 5.74) is 0.918. The number of nitrogens with zero attached hydrogens (tertiary/aromatic N) is 1. The molecule has 0 heterocycles. The topological polar surface area (TPSA) is 103 Å². The molecule has 2 rings (SSSR count). The monoisotopic (exact) mass is 363 g/mol. The molecule has 8 nitrogen and oxygen atoms in total. The first-order chi connectivity index (χ1) is 12.3. The molecular weight excluding hydrogens is 345 g/mol. The number of rotatable bonds is 7. The highest BCUT2D eigenvalue weighted by Crippen LogP contribution is 2.32. The van der Waals surface area contributed by atoms with Crippen LogP contribution in [0, 0.1) is 15.9 Å². The van der Waals surface area contributed by atoms with E-state index in [1.807, 2.05) is 0 Å². The van der Waals surface area contributed by atoms with Crippen LogP contribution in [0.2, 0.25) is 0 Å². The van der Waals surface area contributed by atoms with Crippen molar-refractivity contribution in [2.75, 3.05) is 24.9 Å². The number of anilines is 2. The standard InChI is InChI=1S/C17H18FN3O5/c1-10(22)20-14-6-11(4-5-16(14)25-2)9-19-13-8-17(26-3)12(18)7-15(13)21(23)24/h4-8,19H,9H2,1-3H3,(H,20,22). The molecule has 0 aliphatic carbocycles. The first kappa shape index (κ1) is 19.0. The summed E-state index contributed by atoms with van der Waals surface area (Å²) in [5, 5.41) is 16.7. The van der Waals surface area contributed by atoms with Crippen LogP contribution >= 0.6 is 0 Å². The average molecular weight is 363 g/mol. The zero-order valence-electron chi connectivity index (χ0n) is 14.5. The van der Waals surface area contributed by atoms with Gasteiger partial charge < -0.3 is 20.1 Å². The molecule has 0 unspecified atom stereocenters. The predicted molar refractivity (Wildman–Crippen MR) is 94.2 cm³/mol. The van der Waals surface area contributed by atoms with Crippen molar-refractivity contribution in [2.24, 2.45) is 0 Å². The maximum Gasteiger partial charge on any atom is 0.295 e. The van der Waals surface area contributed by atoms with Crippen LogP contribution < -0.4 is 20.1 Å². The van der Waals surface area contributed by atoms with E-state index in [4.69, 9.17) is 9.47 Å². The number of nitro benzene ring substituents is 1. The fourth-order valence-corrected chi connectivity index (χ4v) is 2.34. The molecule has 0 aromatic heterocycles. The molecule has 1 amide bonds. The number of nitro groups is 1. The van der Waals surface area contributed by atoms with Gasteiger partial charge in [-0.2, -0.15) is 0 Å². The Labute approximate surface area is 149 Å². The number of carbonyl (C=O) groups is 1. The van der Waals surface area contributed by atoms with Crippen LogP contribution in [-0.2, 0) is 11.3 Å². The van der Waals surface area contributed by atoms with Crippen molar-refractivity contribution >= 4 is 23.0 Å². The molecule has 0 saturated carbocycles. The molecule has 26 heavy (non-hydrogen) atoms. The number of methoxy groups -OCH3 is 2. The summed E-state index contributed by atoms with van der Waals surface area (Å²) < 4.78 is 23.7. The molecule has 2 aromatic rings. The van der Waals surface area contributed by atoms with Gasteiger partial charge >= 0.3 is 0 Å².